The van der Waals surface area contributed by atoms with Gasteiger partial charge in [-0.05, 0) is 11.1 Å². The summed E-state index contributed by atoms with van der Waals surface area (Å²) in [5, 5.41) is 0. The van der Waals surface area contributed by atoms with Gasteiger partial charge in [0, 0.05) is 0 Å². The molecular formula is C12H14O. The van der Waals surface area contributed by atoms with Gasteiger partial charge in [0.05, 0.1) is 0 Å². The van der Waals surface area contributed by atoms with Gasteiger partial charge in [-0.3, -0.25) is 0 Å². The highest BCUT2D eigenvalue weighted by Gasteiger charge is 2.32. The van der Waals surface area contributed by atoms with E-state index in [1.54, 1.807) is 0 Å². The van der Waals surface area contributed by atoms with Crippen LogP contribution in [0.5, 0.6) is 0 Å². The molecule has 2 aliphatic rings. The summed E-state index contributed by atoms with van der Waals surface area (Å²) in [6.07, 6.45) is 4.76. The van der Waals surface area contributed by atoms with Crippen LogP contribution in [0.4, 0.5) is 0 Å². The van der Waals surface area contributed by atoms with Crippen LogP contribution in [0, 0.1) is 0 Å². The lowest BCUT2D eigenvalue weighted by Crippen LogP contribution is -1.90. The maximum absolute atomic E-state index is 5.63. The van der Waals surface area contributed by atoms with Crippen LogP contribution in [0.3, 0.4) is 0 Å². The Morgan fingerprint density at radius 3 is 1.85 bits per heavy atom. The molecule has 0 aliphatic carbocycles. The minimum atomic E-state index is 0.246. The summed E-state index contributed by atoms with van der Waals surface area (Å²) in [6, 6.07) is 8.42. The van der Waals surface area contributed by atoms with Gasteiger partial charge in [-0.25, -0.2) is 0 Å². The zero-order chi connectivity index (χ0) is 9.26. The summed E-state index contributed by atoms with van der Waals surface area (Å²) in [6.45, 7) is 4.00. The predicted molar refractivity (Wildman–Crippen MR) is 53.5 cm³/mol. The Labute approximate surface area is 79.0 Å². The zero-order valence-electron chi connectivity index (χ0n) is 8.03. The normalized spacial score (nSPS) is 26.6. The third kappa shape index (κ3) is 1.20. The molecule has 13 heavy (non-hydrogen) atoms. The predicted octanol–water partition coefficient (Wildman–Crippen LogP) is 3.40. The van der Waals surface area contributed by atoms with Gasteiger partial charge >= 0.3 is 0 Å². The van der Waals surface area contributed by atoms with Crippen LogP contribution in [-0.2, 0) is 4.74 Å². The molecule has 1 aromatic rings. The molecule has 2 bridgehead atoms. The number of benzene rings is 1. The molecule has 1 aromatic carbocycles. The van der Waals surface area contributed by atoms with Gasteiger partial charge in [0.25, 0.3) is 0 Å². The largest absolute Gasteiger partial charge is 0.357 e. The molecule has 0 N–H and O–H groups in total. The summed E-state index contributed by atoms with van der Waals surface area (Å²) in [5.74, 6) is 0. The topological polar surface area (TPSA) is 9.23 Å². The lowest BCUT2D eigenvalue weighted by atomic mass is 9.97. The van der Waals surface area contributed by atoms with Gasteiger partial charge in [0.15, 0.2) is 0 Å². The minimum Gasteiger partial charge on any atom is -0.357 e. The number of fused-ring (bicyclic) bond motifs is 5. The van der Waals surface area contributed by atoms with Crippen molar-refractivity contribution < 1.29 is 4.74 Å². The third-order valence-electron chi connectivity index (χ3n) is 2.36. The summed E-state index contributed by atoms with van der Waals surface area (Å²) >= 11 is 0. The van der Waals surface area contributed by atoms with Crippen molar-refractivity contribution in [2.24, 2.45) is 0 Å². The number of hydrogen-bond acceptors (Lipinski definition) is 1. The molecule has 2 heterocycles. The molecule has 0 aromatic heterocycles. The first kappa shape index (κ1) is 8.52. The number of hydrogen-bond donors (Lipinski definition) is 0. The van der Waals surface area contributed by atoms with Crippen LogP contribution >= 0.6 is 0 Å². The second-order valence-electron chi connectivity index (χ2n) is 2.99. The van der Waals surface area contributed by atoms with E-state index in [4.69, 9.17) is 4.74 Å². The zero-order valence-corrected chi connectivity index (χ0v) is 8.03. The van der Waals surface area contributed by atoms with Crippen molar-refractivity contribution >= 4 is 0 Å². The molecule has 2 atom stereocenters. The standard InChI is InChI=1S/C10H8O.C2H6/c1-2-4-8-7(3-1)9-5-6-10(8)11-9;1-2/h1-6,9-10H;1-2H3. The Balaban J connectivity index is 0.000000308. The van der Waals surface area contributed by atoms with Crippen LogP contribution in [0.2, 0.25) is 0 Å². The van der Waals surface area contributed by atoms with Crippen LogP contribution in [0.1, 0.15) is 37.2 Å². The van der Waals surface area contributed by atoms with E-state index in [-0.39, 0.29) is 12.2 Å². The van der Waals surface area contributed by atoms with Crippen molar-refractivity contribution in [2.45, 2.75) is 26.1 Å². The van der Waals surface area contributed by atoms with Gasteiger partial charge in [-0.1, -0.05) is 50.3 Å². The molecule has 1 nitrogen and oxygen atoms in total. The molecule has 0 radical (unpaired) electrons. The maximum atomic E-state index is 5.63. The average Bonchev–Trinajstić information content (AvgIpc) is 2.82. The van der Waals surface area contributed by atoms with Gasteiger partial charge < -0.3 is 4.74 Å². The van der Waals surface area contributed by atoms with Gasteiger partial charge in [0.2, 0.25) is 0 Å². The smallest absolute Gasteiger partial charge is 0.102 e. The van der Waals surface area contributed by atoms with Crippen molar-refractivity contribution in [3.05, 3.63) is 47.5 Å². The summed E-state index contributed by atoms with van der Waals surface area (Å²) in [7, 11) is 0. The van der Waals surface area contributed by atoms with Crippen molar-refractivity contribution in [3.8, 4) is 0 Å². The second kappa shape index (κ2) is 3.35. The van der Waals surface area contributed by atoms with E-state index < -0.39 is 0 Å². The van der Waals surface area contributed by atoms with Crippen molar-refractivity contribution in [3.63, 3.8) is 0 Å². The third-order valence-corrected chi connectivity index (χ3v) is 2.36. The molecule has 68 valence electrons. The molecule has 0 amide bonds. The Kier molecular flexibility index (Phi) is 2.19. The lowest BCUT2D eigenvalue weighted by molar-refractivity contribution is 0.0878. The molecule has 2 aliphatic heterocycles. The Morgan fingerprint density at radius 2 is 1.38 bits per heavy atom. The first-order chi connectivity index (χ1) is 6.45. The minimum absolute atomic E-state index is 0.246. The fourth-order valence-electron chi connectivity index (χ4n) is 1.83. The Hall–Kier alpha value is -1.08. The summed E-state index contributed by atoms with van der Waals surface area (Å²) < 4.78 is 5.63. The first-order valence-corrected chi connectivity index (χ1v) is 4.88. The van der Waals surface area contributed by atoms with E-state index in [2.05, 4.69) is 36.4 Å². The summed E-state index contributed by atoms with van der Waals surface area (Å²) in [5.41, 5.74) is 2.69. The highest BCUT2D eigenvalue weighted by molar-refractivity contribution is 5.42. The van der Waals surface area contributed by atoms with Crippen molar-refractivity contribution in [1.82, 2.24) is 0 Å². The Bertz CT molecular complexity index is 297. The Morgan fingerprint density at radius 1 is 0.923 bits per heavy atom. The monoisotopic (exact) mass is 174 g/mol. The van der Waals surface area contributed by atoms with E-state index in [0.717, 1.165) is 0 Å². The van der Waals surface area contributed by atoms with E-state index in [1.165, 1.54) is 11.1 Å². The van der Waals surface area contributed by atoms with E-state index in [0.29, 0.717) is 0 Å². The fraction of sp³-hybridized carbons (Fsp3) is 0.333. The molecule has 0 saturated carbocycles. The quantitative estimate of drug-likeness (QED) is 0.548. The van der Waals surface area contributed by atoms with Crippen LogP contribution in [0.25, 0.3) is 0 Å². The molecular weight excluding hydrogens is 160 g/mol. The van der Waals surface area contributed by atoms with Gasteiger partial charge in [0.1, 0.15) is 12.2 Å². The molecule has 2 unspecified atom stereocenters. The van der Waals surface area contributed by atoms with Crippen LogP contribution in [0.15, 0.2) is 36.4 Å². The molecule has 1 heteroatoms. The van der Waals surface area contributed by atoms with Crippen LogP contribution < -0.4 is 0 Å². The molecule has 0 saturated heterocycles. The number of ether oxygens (including phenoxy) is 1. The highest BCUT2D eigenvalue weighted by atomic mass is 16.5. The first-order valence-electron chi connectivity index (χ1n) is 4.88. The van der Waals surface area contributed by atoms with E-state index in [1.807, 2.05) is 13.8 Å². The molecule has 0 spiro atoms. The average molecular weight is 174 g/mol. The van der Waals surface area contributed by atoms with Crippen molar-refractivity contribution in [2.75, 3.05) is 0 Å². The lowest BCUT2D eigenvalue weighted by Gasteiger charge is -2.04. The van der Waals surface area contributed by atoms with Gasteiger partial charge in [-0.15, -0.1) is 0 Å². The van der Waals surface area contributed by atoms with E-state index >= 15 is 0 Å². The summed E-state index contributed by atoms with van der Waals surface area (Å²) in [4.78, 5) is 0. The SMILES string of the molecule is C1=CC2OC1c1ccccc12.CC. The molecule has 0 fully saturated rings. The van der Waals surface area contributed by atoms with E-state index in [9.17, 15) is 0 Å². The number of rotatable bonds is 0. The van der Waals surface area contributed by atoms with Gasteiger partial charge in [-0.2, -0.15) is 0 Å². The van der Waals surface area contributed by atoms with Crippen molar-refractivity contribution in [1.29, 1.82) is 0 Å². The molecule has 3 rings (SSSR count). The van der Waals surface area contributed by atoms with Crippen LogP contribution in [-0.4, -0.2) is 0 Å². The fourth-order valence-corrected chi connectivity index (χ4v) is 1.83. The maximum Gasteiger partial charge on any atom is 0.102 e. The highest BCUT2D eigenvalue weighted by Crippen LogP contribution is 2.45. The second-order valence-corrected chi connectivity index (χ2v) is 2.99.